The molecule has 6 nitrogen and oxygen atoms in total. The van der Waals surface area contributed by atoms with E-state index in [1.165, 1.54) is 18.4 Å². The number of rotatable bonds is 8. The Balaban J connectivity index is 1.72. The van der Waals surface area contributed by atoms with E-state index < -0.39 is 15.9 Å². The van der Waals surface area contributed by atoms with Crippen LogP contribution in [0.4, 0.5) is 4.39 Å². The number of hydrogen-bond donors (Lipinski definition) is 0. The van der Waals surface area contributed by atoms with Gasteiger partial charge in [-0.25, -0.2) is 4.39 Å². The van der Waals surface area contributed by atoms with Crippen LogP contribution in [0.15, 0.2) is 76.2 Å². The lowest BCUT2D eigenvalue weighted by Crippen LogP contribution is -2.33. The van der Waals surface area contributed by atoms with Crippen LogP contribution in [0.3, 0.4) is 0 Å². The minimum Gasteiger partial charge on any atom is -0.459 e. The van der Waals surface area contributed by atoms with Crippen molar-refractivity contribution in [2.45, 2.75) is 25.3 Å². The summed E-state index contributed by atoms with van der Waals surface area (Å²) in [4.78, 5) is 14.2. The lowest BCUT2D eigenvalue weighted by molar-refractivity contribution is 0.0690. The molecule has 0 fully saturated rings. The maximum absolute atomic E-state index is 13.0. The first kappa shape index (κ1) is 21.6. The van der Waals surface area contributed by atoms with Gasteiger partial charge in [0, 0.05) is 13.1 Å². The summed E-state index contributed by atoms with van der Waals surface area (Å²) in [5.41, 5.74) is 0.807. The highest BCUT2D eigenvalue weighted by molar-refractivity contribution is 7.87. The highest BCUT2D eigenvalue weighted by Gasteiger charge is 2.20. The molecule has 0 bridgehead atoms. The first-order valence-corrected chi connectivity index (χ1v) is 10.8. The zero-order valence-corrected chi connectivity index (χ0v) is 17.4. The van der Waals surface area contributed by atoms with Crippen LogP contribution in [-0.4, -0.2) is 25.8 Å². The van der Waals surface area contributed by atoms with Crippen molar-refractivity contribution < 1.29 is 26.2 Å². The molecule has 0 unspecified atom stereocenters. The van der Waals surface area contributed by atoms with Gasteiger partial charge in [-0.2, -0.15) is 8.42 Å². The quantitative estimate of drug-likeness (QED) is 0.492. The van der Waals surface area contributed by atoms with Gasteiger partial charge in [-0.3, -0.25) is 4.79 Å². The van der Waals surface area contributed by atoms with Crippen LogP contribution in [0.5, 0.6) is 5.75 Å². The molecular weight excluding hydrogens is 409 g/mol. The molecule has 1 amide bonds. The first-order chi connectivity index (χ1) is 14.2. The zero-order valence-electron chi connectivity index (χ0n) is 16.6. The van der Waals surface area contributed by atoms with Crippen LogP contribution >= 0.6 is 0 Å². The Kier molecular flexibility index (Phi) is 6.56. The number of nitrogens with zero attached hydrogens (tertiary/aromatic N) is 1. The molecule has 3 rings (SSSR count). The van der Waals surface area contributed by atoms with E-state index in [-0.39, 0.29) is 28.2 Å². The summed E-state index contributed by atoms with van der Waals surface area (Å²) in [6.45, 7) is 4.90. The monoisotopic (exact) mass is 431 g/mol. The topological polar surface area (TPSA) is 76.8 Å². The van der Waals surface area contributed by atoms with Crippen molar-refractivity contribution in [2.75, 3.05) is 6.54 Å². The number of furan rings is 1. The smallest absolute Gasteiger partial charge is 0.339 e. The minimum absolute atomic E-state index is 0.121. The van der Waals surface area contributed by atoms with Crippen molar-refractivity contribution in [3.8, 4) is 5.75 Å². The van der Waals surface area contributed by atoms with E-state index >= 15 is 0 Å². The molecule has 2 aromatic carbocycles. The van der Waals surface area contributed by atoms with Gasteiger partial charge in [-0.15, -0.1) is 0 Å². The first-order valence-electron chi connectivity index (χ1n) is 9.36. The van der Waals surface area contributed by atoms with Crippen molar-refractivity contribution in [1.82, 2.24) is 4.90 Å². The molecule has 0 aliphatic heterocycles. The molecule has 0 atom stereocenters. The zero-order chi connectivity index (χ0) is 21.7. The average Bonchev–Trinajstić information content (AvgIpc) is 3.23. The lowest BCUT2D eigenvalue weighted by atomic mass is 10.1. The van der Waals surface area contributed by atoms with Crippen LogP contribution in [0.25, 0.3) is 0 Å². The van der Waals surface area contributed by atoms with Gasteiger partial charge in [0.15, 0.2) is 5.76 Å². The molecule has 1 aromatic heterocycles. The van der Waals surface area contributed by atoms with Crippen LogP contribution in [-0.2, 0) is 16.7 Å². The van der Waals surface area contributed by atoms with Crippen LogP contribution < -0.4 is 4.18 Å². The van der Waals surface area contributed by atoms with Gasteiger partial charge in [0.2, 0.25) is 0 Å². The molecule has 158 valence electrons. The Bertz CT molecular complexity index is 1080. The van der Waals surface area contributed by atoms with Crippen molar-refractivity contribution >= 4 is 16.0 Å². The molecule has 0 spiro atoms. The van der Waals surface area contributed by atoms with Gasteiger partial charge in [-0.05, 0) is 60.0 Å². The standard InChI is InChI=1S/C22H22FNO5S/c1-16(2)14-24(22(25)21-4-3-13-28-21)15-17-5-9-19(10-6-17)29-30(26,27)20-11-7-18(23)8-12-20/h3-13,16H,14-15H2,1-2H3. The molecule has 0 aliphatic rings. The van der Waals surface area contributed by atoms with Crippen molar-refractivity contribution in [1.29, 1.82) is 0 Å². The summed E-state index contributed by atoms with van der Waals surface area (Å²) in [6, 6.07) is 14.1. The molecule has 1 heterocycles. The second-order valence-corrected chi connectivity index (χ2v) is 8.74. The third kappa shape index (κ3) is 5.48. The number of carbonyl (C=O) groups excluding carboxylic acids is 1. The maximum atomic E-state index is 13.0. The van der Waals surface area contributed by atoms with Gasteiger partial charge >= 0.3 is 10.1 Å². The molecule has 0 saturated carbocycles. The highest BCUT2D eigenvalue weighted by atomic mass is 32.2. The molecule has 3 aromatic rings. The van der Waals surface area contributed by atoms with Crippen LogP contribution in [0.2, 0.25) is 0 Å². The number of hydrogen-bond acceptors (Lipinski definition) is 5. The normalized spacial score (nSPS) is 11.5. The van der Waals surface area contributed by atoms with Crippen LogP contribution in [0.1, 0.15) is 30.0 Å². The van der Waals surface area contributed by atoms with E-state index in [0.717, 1.165) is 29.8 Å². The van der Waals surface area contributed by atoms with Gasteiger partial charge < -0.3 is 13.5 Å². The summed E-state index contributed by atoms with van der Waals surface area (Å²) in [7, 11) is -4.07. The van der Waals surface area contributed by atoms with E-state index in [4.69, 9.17) is 8.60 Å². The molecule has 0 N–H and O–H groups in total. The van der Waals surface area contributed by atoms with E-state index in [2.05, 4.69) is 0 Å². The van der Waals surface area contributed by atoms with E-state index in [0.29, 0.717) is 13.1 Å². The van der Waals surface area contributed by atoms with Gasteiger partial charge in [0.1, 0.15) is 16.5 Å². The van der Waals surface area contributed by atoms with Gasteiger partial charge in [0.05, 0.1) is 6.26 Å². The second-order valence-electron chi connectivity index (χ2n) is 7.19. The Morgan fingerprint density at radius 1 is 1.07 bits per heavy atom. The Hall–Kier alpha value is -3.13. The minimum atomic E-state index is -4.07. The Morgan fingerprint density at radius 3 is 2.30 bits per heavy atom. The third-order valence-corrected chi connectivity index (χ3v) is 5.47. The van der Waals surface area contributed by atoms with Gasteiger partial charge in [-0.1, -0.05) is 26.0 Å². The number of amides is 1. The summed E-state index contributed by atoms with van der Waals surface area (Å²) in [5, 5.41) is 0. The molecule has 30 heavy (non-hydrogen) atoms. The number of halogens is 1. The summed E-state index contributed by atoms with van der Waals surface area (Å²) >= 11 is 0. The fraction of sp³-hybridized carbons (Fsp3) is 0.227. The van der Waals surface area contributed by atoms with Crippen molar-refractivity contribution in [3.05, 3.63) is 84.1 Å². The predicted octanol–water partition coefficient (Wildman–Crippen LogP) is 4.48. The SMILES string of the molecule is CC(C)CN(Cc1ccc(OS(=O)(=O)c2ccc(F)cc2)cc1)C(=O)c1ccco1. The molecule has 0 saturated heterocycles. The van der Waals surface area contributed by atoms with Crippen molar-refractivity contribution in [2.24, 2.45) is 5.92 Å². The third-order valence-electron chi connectivity index (χ3n) is 4.21. The van der Waals surface area contributed by atoms with E-state index in [1.807, 2.05) is 13.8 Å². The van der Waals surface area contributed by atoms with E-state index in [9.17, 15) is 17.6 Å². The summed E-state index contributed by atoms with van der Waals surface area (Å²) < 4.78 is 48.0. The van der Waals surface area contributed by atoms with Crippen molar-refractivity contribution in [3.63, 3.8) is 0 Å². The average molecular weight is 431 g/mol. The van der Waals surface area contributed by atoms with Gasteiger partial charge in [0.25, 0.3) is 5.91 Å². The largest absolute Gasteiger partial charge is 0.459 e. The Labute approximate surface area is 175 Å². The highest BCUT2D eigenvalue weighted by Crippen LogP contribution is 2.21. The summed E-state index contributed by atoms with van der Waals surface area (Å²) in [6.07, 6.45) is 1.45. The predicted molar refractivity (Wildman–Crippen MR) is 109 cm³/mol. The second kappa shape index (κ2) is 9.13. The number of carbonyl (C=O) groups is 1. The molecule has 0 aliphatic carbocycles. The number of benzene rings is 2. The fourth-order valence-electron chi connectivity index (χ4n) is 2.86. The molecule has 8 heteroatoms. The fourth-order valence-corrected chi connectivity index (χ4v) is 3.79. The summed E-state index contributed by atoms with van der Waals surface area (Å²) in [5.74, 6) is -0.106. The van der Waals surface area contributed by atoms with Crippen LogP contribution in [0, 0.1) is 11.7 Å². The van der Waals surface area contributed by atoms with E-state index in [1.54, 1.807) is 29.2 Å². The molecular formula is C22H22FNO5S. The Morgan fingerprint density at radius 2 is 1.73 bits per heavy atom. The lowest BCUT2D eigenvalue weighted by Gasteiger charge is -2.24. The molecule has 0 radical (unpaired) electrons. The maximum Gasteiger partial charge on any atom is 0.339 e.